The second-order valence-electron chi connectivity index (χ2n) is 5.12. The van der Waals surface area contributed by atoms with Gasteiger partial charge in [0.2, 0.25) is 0 Å². The first-order valence-electron chi connectivity index (χ1n) is 6.83. The molecule has 2 aromatic carbocycles. The van der Waals surface area contributed by atoms with Gasteiger partial charge in [0.05, 0.1) is 5.69 Å². The van der Waals surface area contributed by atoms with Crippen LogP contribution in [0.5, 0.6) is 11.5 Å². The zero-order valence-corrected chi connectivity index (χ0v) is 11.9. The monoisotopic (exact) mass is 325 g/mol. The fourth-order valence-corrected chi connectivity index (χ4v) is 2.72. The number of benzene rings is 2. The first kappa shape index (κ1) is 14.1. The van der Waals surface area contributed by atoms with Crippen LogP contribution in [0.4, 0.5) is 10.1 Å². The Hall–Kier alpha value is -3.55. The summed E-state index contributed by atoms with van der Waals surface area (Å²) in [7, 11) is 0. The number of amides is 2. The van der Waals surface area contributed by atoms with Gasteiger partial charge in [0.15, 0.2) is 11.5 Å². The van der Waals surface area contributed by atoms with E-state index in [0.29, 0.717) is 0 Å². The van der Waals surface area contributed by atoms with Crippen LogP contribution < -0.4 is 4.90 Å². The summed E-state index contributed by atoms with van der Waals surface area (Å²) in [6, 6.07) is 4.69. The van der Waals surface area contributed by atoms with Gasteiger partial charge in [-0.25, -0.2) is 19.3 Å². The van der Waals surface area contributed by atoms with Crippen molar-refractivity contribution in [2.24, 2.45) is 0 Å². The lowest BCUT2D eigenvalue weighted by atomic mass is 10.1. The molecule has 0 atom stereocenters. The van der Waals surface area contributed by atoms with Crippen molar-refractivity contribution in [3.63, 3.8) is 0 Å². The highest BCUT2D eigenvalue weighted by Gasteiger charge is 2.43. The van der Waals surface area contributed by atoms with Gasteiger partial charge in [-0.05, 0) is 24.3 Å². The lowest BCUT2D eigenvalue weighted by Crippen LogP contribution is -2.29. The molecule has 0 spiro atoms. The van der Waals surface area contributed by atoms with E-state index in [4.69, 9.17) is 0 Å². The third kappa shape index (κ3) is 1.70. The van der Waals surface area contributed by atoms with Gasteiger partial charge in [0, 0.05) is 12.4 Å². The molecule has 3 aromatic rings. The molecule has 0 radical (unpaired) electrons. The normalized spacial score (nSPS) is 13.6. The molecule has 0 fully saturated rings. The zero-order valence-electron chi connectivity index (χ0n) is 11.9. The Morgan fingerprint density at radius 1 is 0.833 bits per heavy atom. The Bertz CT molecular complexity index is 973. The van der Waals surface area contributed by atoms with Gasteiger partial charge in [0.1, 0.15) is 28.0 Å². The number of aromatic nitrogens is 2. The van der Waals surface area contributed by atoms with Gasteiger partial charge < -0.3 is 10.2 Å². The molecular weight excluding hydrogens is 317 g/mol. The number of rotatable bonds is 1. The number of carbonyl (C=O) groups excluding carboxylic acids is 2. The molecular formula is C16H8FN3O4. The quantitative estimate of drug-likeness (QED) is 0.524. The lowest BCUT2D eigenvalue weighted by molar-refractivity contribution is 0.0925. The first-order valence-corrected chi connectivity index (χ1v) is 6.83. The molecule has 2 heterocycles. The van der Waals surface area contributed by atoms with E-state index in [9.17, 15) is 24.2 Å². The van der Waals surface area contributed by atoms with Crippen LogP contribution >= 0.6 is 0 Å². The van der Waals surface area contributed by atoms with E-state index in [-0.39, 0.29) is 27.8 Å². The molecule has 0 saturated heterocycles. The number of anilines is 1. The van der Waals surface area contributed by atoms with Crippen molar-refractivity contribution in [2.45, 2.75) is 0 Å². The van der Waals surface area contributed by atoms with Crippen molar-refractivity contribution < 1.29 is 24.2 Å². The van der Waals surface area contributed by atoms with Gasteiger partial charge in [-0.1, -0.05) is 0 Å². The number of hydrogen-bond acceptors (Lipinski definition) is 6. The average molecular weight is 325 g/mol. The number of halogens is 1. The zero-order chi connectivity index (χ0) is 17.0. The summed E-state index contributed by atoms with van der Waals surface area (Å²) in [5.41, 5.74) is -0.761. The molecule has 1 aliphatic heterocycles. The van der Waals surface area contributed by atoms with Gasteiger partial charge in [-0.15, -0.1) is 0 Å². The van der Waals surface area contributed by atoms with Crippen LogP contribution in [-0.2, 0) is 0 Å². The van der Waals surface area contributed by atoms with Crippen molar-refractivity contribution in [3.05, 3.63) is 53.6 Å². The van der Waals surface area contributed by atoms with E-state index in [1.54, 1.807) is 0 Å². The van der Waals surface area contributed by atoms with Crippen molar-refractivity contribution in [2.75, 3.05) is 4.90 Å². The highest BCUT2D eigenvalue weighted by molar-refractivity contribution is 6.37. The lowest BCUT2D eigenvalue weighted by Gasteiger charge is -2.13. The van der Waals surface area contributed by atoms with Crippen LogP contribution in [0.15, 0.2) is 36.7 Å². The number of imide groups is 1. The summed E-state index contributed by atoms with van der Waals surface area (Å²) in [5, 5.41) is 20.6. The molecule has 1 aromatic heterocycles. The highest BCUT2D eigenvalue weighted by atomic mass is 19.1. The topological polar surface area (TPSA) is 104 Å². The third-order valence-corrected chi connectivity index (χ3v) is 3.79. The molecule has 2 N–H and O–H groups in total. The Labute approximate surface area is 133 Å². The standard InChI is InChI=1S/C16H8FN3O4/c17-7-1-3-8(4-2-7)20-15(23)9-10(16(20)24)14(22)12-11(13(9)21)18-5-6-19-12/h1-6,21-22H. The average Bonchev–Trinajstić information content (AvgIpc) is 2.85. The number of phenols is 2. The second kappa shape index (κ2) is 4.72. The third-order valence-electron chi connectivity index (χ3n) is 3.79. The van der Waals surface area contributed by atoms with E-state index >= 15 is 0 Å². The second-order valence-corrected chi connectivity index (χ2v) is 5.12. The molecule has 8 heteroatoms. The van der Waals surface area contributed by atoms with Gasteiger partial charge in [-0.3, -0.25) is 9.59 Å². The molecule has 24 heavy (non-hydrogen) atoms. The predicted octanol–water partition coefficient (Wildman–Crippen LogP) is 1.98. The summed E-state index contributed by atoms with van der Waals surface area (Å²) in [4.78, 5) is 33.7. The van der Waals surface area contributed by atoms with Gasteiger partial charge in [0.25, 0.3) is 11.8 Å². The molecule has 0 bridgehead atoms. The maximum Gasteiger partial charge on any atom is 0.270 e. The Morgan fingerprint density at radius 3 is 1.75 bits per heavy atom. The maximum atomic E-state index is 13.1. The van der Waals surface area contributed by atoms with Gasteiger partial charge in [-0.2, -0.15) is 0 Å². The smallest absolute Gasteiger partial charge is 0.270 e. The number of nitrogens with zero attached hydrogens (tertiary/aromatic N) is 3. The van der Waals surface area contributed by atoms with Gasteiger partial charge >= 0.3 is 0 Å². The van der Waals surface area contributed by atoms with E-state index in [2.05, 4.69) is 9.97 Å². The first-order chi connectivity index (χ1) is 11.5. The summed E-state index contributed by atoms with van der Waals surface area (Å²) >= 11 is 0. The summed E-state index contributed by atoms with van der Waals surface area (Å²) in [6.45, 7) is 0. The molecule has 0 saturated carbocycles. The number of aromatic hydroxyl groups is 2. The number of hydrogen-bond donors (Lipinski definition) is 2. The van der Waals surface area contributed by atoms with Crippen molar-refractivity contribution in [3.8, 4) is 11.5 Å². The molecule has 2 amide bonds. The van der Waals surface area contributed by atoms with Crippen LogP contribution in [0, 0.1) is 5.82 Å². The van der Waals surface area contributed by atoms with E-state index in [0.717, 1.165) is 17.0 Å². The minimum absolute atomic E-state index is 0.0872. The summed E-state index contributed by atoms with van der Waals surface area (Å²) in [6.07, 6.45) is 2.57. The SMILES string of the molecule is O=C1c2c(c(O)c3nccnc3c2O)C(=O)N1c1ccc(F)cc1. The Kier molecular flexibility index (Phi) is 2.77. The molecule has 4 rings (SSSR count). The number of phenolic OH excluding ortho intramolecular Hbond substituents is 2. The fraction of sp³-hybridized carbons (Fsp3) is 0. The van der Waals surface area contributed by atoms with Crippen LogP contribution in [0.25, 0.3) is 11.0 Å². The van der Waals surface area contributed by atoms with E-state index < -0.39 is 29.1 Å². The minimum atomic E-state index is -0.832. The Balaban J connectivity index is 1.99. The number of carbonyl (C=O) groups is 2. The summed E-state index contributed by atoms with van der Waals surface area (Å²) < 4.78 is 13.1. The summed E-state index contributed by atoms with van der Waals surface area (Å²) in [5.74, 6) is -3.26. The van der Waals surface area contributed by atoms with Crippen molar-refractivity contribution >= 4 is 28.5 Å². The molecule has 0 unspecified atom stereocenters. The molecule has 7 nitrogen and oxygen atoms in total. The Morgan fingerprint density at radius 2 is 1.29 bits per heavy atom. The predicted molar refractivity (Wildman–Crippen MR) is 80.4 cm³/mol. The molecule has 0 aliphatic carbocycles. The molecule has 1 aliphatic rings. The van der Waals surface area contributed by atoms with Crippen LogP contribution in [0.3, 0.4) is 0 Å². The largest absolute Gasteiger partial charge is 0.505 e. The van der Waals surface area contributed by atoms with Crippen LogP contribution in [-0.4, -0.2) is 32.0 Å². The maximum absolute atomic E-state index is 13.1. The van der Waals surface area contributed by atoms with E-state index in [1.165, 1.54) is 24.5 Å². The number of fused-ring (bicyclic) bond motifs is 2. The van der Waals surface area contributed by atoms with Crippen molar-refractivity contribution in [1.29, 1.82) is 0 Å². The molecule has 118 valence electrons. The fourth-order valence-electron chi connectivity index (χ4n) is 2.72. The van der Waals surface area contributed by atoms with Crippen LogP contribution in [0.1, 0.15) is 20.7 Å². The highest BCUT2D eigenvalue weighted by Crippen LogP contribution is 2.43. The van der Waals surface area contributed by atoms with Crippen LogP contribution in [0.2, 0.25) is 0 Å². The minimum Gasteiger partial charge on any atom is -0.505 e. The van der Waals surface area contributed by atoms with E-state index in [1.807, 2.05) is 0 Å². The van der Waals surface area contributed by atoms with Crippen molar-refractivity contribution in [1.82, 2.24) is 9.97 Å².